The molecule has 0 fully saturated rings. The van der Waals surface area contributed by atoms with Gasteiger partial charge >= 0.3 is 0 Å². The Balaban J connectivity index is 1.94. The summed E-state index contributed by atoms with van der Waals surface area (Å²) in [6.45, 7) is 3.55. The van der Waals surface area contributed by atoms with Crippen LogP contribution in [-0.4, -0.2) is 40.2 Å². The van der Waals surface area contributed by atoms with E-state index in [0.29, 0.717) is 12.1 Å². The summed E-state index contributed by atoms with van der Waals surface area (Å²) in [4.78, 5) is 16.9. The minimum absolute atomic E-state index is 0.0423. The maximum atomic E-state index is 12.7. The van der Waals surface area contributed by atoms with Crippen LogP contribution in [0.25, 0.3) is 0 Å². The number of nitrogens with zero attached hydrogens (tertiary/aromatic N) is 4. The molecule has 110 valence electrons. The lowest BCUT2D eigenvalue weighted by atomic mass is 10.1. The van der Waals surface area contributed by atoms with Crippen molar-refractivity contribution in [1.82, 2.24) is 14.7 Å². The molecule has 5 nitrogen and oxygen atoms in total. The monoisotopic (exact) mass is 284 g/mol. The van der Waals surface area contributed by atoms with Gasteiger partial charge in [0.2, 0.25) is 0 Å². The van der Waals surface area contributed by atoms with Crippen LogP contribution in [0.2, 0.25) is 0 Å². The minimum atomic E-state index is 0.0423. The molecule has 0 bridgehead atoms. The molecule has 1 aromatic heterocycles. The third kappa shape index (κ3) is 2.51. The average Bonchev–Trinajstić information content (AvgIpc) is 2.85. The molecule has 1 aliphatic rings. The number of benzene rings is 1. The van der Waals surface area contributed by atoms with E-state index in [2.05, 4.69) is 36.1 Å². The second-order valence-corrected chi connectivity index (χ2v) is 5.69. The Bertz CT molecular complexity index is 664. The number of carbonyl (C=O) groups is 1. The number of amides is 1. The summed E-state index contributed by atoms with van der Waals surface area (Å²) in [6, 6.07) is 8.41. The summed E-state index contributed by atoms with van der Waals surface area (Å²) in [5, 5.41) is 4.10. The highest BCUT2D eigenvalue weighted by Gasteiger charge is 2.27. The van der Waals surface area contributed by atoms with Gasteiger partial charge in [-0.1, -0.05) is 18.2 Å². The van der Waals surface area contributed by atoms with Gasteiger partial charge in [0.15, 0.2) is 0 Å². The number of aromatic nitrogens is 2. The van der Waals surface area contributed by atoms with Gasteiger partial charge in [0, 0.05) is 45.1 Å². The number of hydrogen-bond donors (Lipinski definition) is 0. The maximum absolute atomic E-state index is 12.7. The van der Waals surface area contributed by atoms with Gasteiger partial charge < -0.3 is 9.80 Å². The quantitative estimate of drug-likeness (QED) is 0.803. The number of likely N-dealkylation sites (N-methyl/N-ethyl adjacent to an activating group) is 1. The Morgan fingerprint density at radius 3 is 2.76 bits per heavy atom. The van der Waals surface area contributed by atoms with Crippen molar-refractivity contribution in [3.63, 3.8) is 0 Å². The van der Waals surface area contributed by atoms with Crippen molar-refractivity contribution in [2.45, 2.75) is 19.5 Å². The predicted molar refractivity (Wildman–Crippen MR) is 82.3 cm³/mol. The van der Waals surface area contributed by atoms with Crippen LogP contribution in [0.15, 0.2) is 36.7 Å². The predicted octanol–water partition coefficient (Wildman–Crippen LogP) is 1.90. The van der Waals surface area contributed by atoms with Crippen LogP contribution in [0.5, 0.6) is 0 Å². The fraction of sp³-hybridized carbons (Fsp3) is 0.375. The third-order valence-electron chi connectivity index (χ3n) is 4.03. The van der Waals surface area contributed by atoms with Crippen LogP contribution in [0, 0.1) is 0 Å². The van der Waals surface area contributed by atoms with Crippen LogP contribution in [0.3, 0.4) is 0 Å². The molecule has 0 spiro atoms. The van der Waals surface area contributed by atoms with Crippen LogP contribution < -0.4 is 4.90 Å². The lowest BCUT2D eigenvalue weighted by Gasteiger charge is -2.28. The summed E-state index contributed by atoms with van der Waals surface area (Å²) >= 11 is 0. The third-order valence-corrected chi connectivity index (χ3v) is 4.03. The molecule has 0 saturated carbocycles. The molecular weight excluding hydrogens is 264 g/mol. The number of anilines is 1. The first-order valence-electron chi connectivity index (χ1n) is 7.15. The molecule has 1 aromatic carbocycles. The largest absolute Gasteiger partial charge is 0.372 e. The van der Waals surface area contributed by atoms with E-state index in [9.17, 15) is 4.79 Å². The van der Waals surface area contributed by atoms with E-state index in [0.717, 1.165) is 6.54 Å². The van der Waals surface area contributed by atoms with Gasteiger partial charge in [0.1, 0.15) is 0 Å². The number of para-hydroxylation sites is 1. The van der Waals surface area contributed by atoms with Gasteiger partial charge in [-0.05, 0) is 18.6 Å². The molecule has 0 aliphatic carbocycles. The first kappa shape index (κ1) is 13.7. The molecule has 0 N–H and O–H groups in total. The molecule has 1 unspecified atom stereocenters. The molecule has 2 heterocycles. The Morgan fingerprint density at radius 2 is 2.05 bits per heavy atom. The molecule has 0 saturated heterocycles. The van der Waals surface area contributed by atoms with Gasteiger partial charge in [-0.2, -0.15) is 5.10 Å². The minimum Gasteiger partial charge on any atom is -0.372 e. The Morgan fingerprint density at radius 1 is 1.29 bits per heavy atom. The van der Waals surface area contributed by atoms with Crippen LogP contribution in [0.4, 0.5) is 5.69 Å². The van der Waals surface area contributed by atoms with Gasteiger partial charge in [-0.3, -0.25) is 9.48 Å². The van der Waals surface area contributed by atoms with Gasteiger partial charge in [-0.15, -0.1) is 0 Å². The number of carbonyl (C=O) groups excluding carboxylic acids is 1. The molecule has 1 aliphatic heterocycles. The standard InChI is InChI=1S/C16H20N4O/c1-12-9-18(2)15-7-5-4-6-13(15)11-20(12)16(21)14-8-17-19(3)10-14/h4-8,10,12H,9,11H2,1-3H3. The zero-order valence-corrected chi connectivity index (χ0v) is 12.7. The first-order valence-corrected chi connectivity index (χ1v) is 7.15. The first-order chi connectivity index (χ1) is 10.1. The molecule has 5 heteroatoms. The van der Waals surface area contributed by atoms with Crippen molar-refractivity contribution in [3.05, 3.63) is 47.8 Å². The summed E-state index contributed by atoms with van der Waals surface area (Å²) in [7, 11) is 3.90. The highest BCUT2D eigenvalue weighted by atomic mass is 16.2. The van der Waals surface area contributed by atoms with Crippen LogP contribution in [-0.2, 0) is 13.6 Å². The molecule has 1 atom stereocenters. The number of aryl methyl sites for hydroxylation is 1. The summed E-state index contributed by atoms with van der Waals surface area (Å²) in [6.07, 6.45) is 3.41. The Kier molecular flexibility index (Phi) is 3.41. The second kappa shape index (κ2) is 5.24. The lowest BCUT2D eigenvalue weighted by Crippen LogP contribution is -2.41. The van der Waals surface area contributed by atoms with E-state index in [1.807, 2.05) is 24.1 Å². The zero-order chi connectivity index (χ0) is 15.0. The van der Waals surface area contributed by atoms with E-state index in [1.165, 1.54) is 11.3 Å². The van der Waals surface area contributed by atoms with Crippen molar-refractivity contribution in [2.75, 3.05) is 18.5 Å². The Hall–Kier alpha value is -2.30. The van der Waals surface area contributed by atoms with Gasteiger partial charge in [0.25, 0.3) is 5.91 Å². The van der Waals surface area contributed by atoms with Crippen molar-refractivity contribution < 1.29 is 4.79 Å². The van der Waals surface area contributed by atoms with Gasteiger partial charge in [-0.25, -0.2) is 0 Å². The van der Waals surface area contributed by atoms with E-state index in [-0.39, 0.29) is 11.9 Å². The van der Waals surface area contributed by atoms with Crippen molar-refractivity contribution in [1.29, 1.82) is 0 Å². The van der Waals surface area contributed by atoms with E-state index in [1.54, 1.807) is 17.1 Å². The zero-order valence-electron chi connectivity index (χ0n) is 12.7. The maximum Gasteiger partial charge on any atom is 0.257 e. The highest BCUT2D eigenvalue weighted by Crippen LogP contribution is 2.26. The topological polar surface area (TPSA) is 41.4 Å². The Labute approximate surface area is 124 Å². The van der Waals surface area contributed by atoms with E-state index < -0.39 is 0 Å². The summed E-state index contributed by atoms with van der Waals surface area (Å²) < 4.78 is 1.66. The van der Waals surface area contributed by atoms with Crippen molar-refractivity contribution in [3.8, 4) is 0 Å². The van der Waals surface area contributed by atoms with Gasteiger partial charge in [0.05, 0.1) is 11.8 Å². The lowest BCUT2D eigenvalue weighted by molar-refractivity contribution is 0.0687. The molecule has 3 rings (SSSR count). The smallest absolute Gasteiger partial charge is 0.257 e. The second-order valence-electron chi connectivity index (χ2n) is 5.69. The average molecular weight is 284 g/mol. The SMILES string of the molecule is CC1CN(C)c2ccccc2CN1C(=O)c1cnn(C)c1. The molecule has 0 radical (unpaired) electrons. The number of hydrogen-bond acceptors (Lipinski definition) is 3. The molecule has 21 heavy (non-hydrogen) atoms. The fourth-order valence-electron chi connectivity index (χ4n) is 2.92. The fourth-order valence-corrected chi connectivity index (χ4v) is 2.92. The molecule has 1 amide bonds. The highest BCUT2D eigenvalue weighted by molar-refractivity contribution is 5.94. The van der Waals surface area contributed by atoms with Crippen LogP contribution in [0.1, 0.15) is 22.8 Å². The van der Waals surface area contributed by atoms with E-state index in [4.69, 9.17) is 0 Å². The summed E-state index contributed by atoms with van der Waals surface area (Å²) in [5.74, 6) is 0.0423. The number of fused-ring (bicyclic) bond motifs is 1. The van der Waals surface area contributed by atoms with Crippen LogP contribution >= 0.6 is 0 Å². The molecular formula is C16H20N4O. The van der Waals surface area contributed by atoms with E-state index >= 15 is 0 Å². The summed E-state index contributed by atoms with van der Waals surface area (Å²) in [5.41, 5.74) is 3.03. The molecule has 2 aromatic rings. The normalized spacial score (nSPS) is 18.3. The number of rotatable bonds is 1. The van der Waals surface area contributed by atoms with Crippen molar-refractivity contribution in [2.24, 2.45) is 7.05 Å². The van der Waals surface area contributed by atoms with Crippen molar-refractivity contribution >= 4 is 11.6 Å².